The quantitative estimate of drug-likeness (QED) is 0.590. The summed E-state index contributed by atoms with van der Waals surface area (Å²) < 4.78 is 5.52. The van der Waals surface area contributed by atoms with Crippen LogP contribution in [0.4, 0.5) is 11.5 Å². The van der Waals surface area contributed by atoms with Gasteiger partial charge in [-0.1, -0.05) is 48.0 Å². The molecule has 1 amide bonds. The molecule has 6 heteroatoms. The summed E-state index contributed by atoms with van der Waals surface area (Å²) in [6.07, 6.45) is 1.88. The summed E-state index contributed by atoms with van der Waals surface area (Å²) >= 11 is 6.14. The number of carbonyl (C=O) groups is 1. The van der Waals surface area contributed by atoms with Gasteiger partial charge in [-0.2, -0.15) is 0 Å². The van der Waals surface area contributed by atoms with Crippen molar-refractivity contribution >= 4 is 29.0 Å². The van der Waals surface area contributed by atoms with E-state index in [9.17, 15) is 4.79 Å². The highest BCUT2D eigenvalue weighted by atomic mass is 35.5. The summed E-state index contributed by atoms with van der Waals surface area (Å²) in [5.74, 6) is 1.34. The Morgan fingerprint density at radius 2 is 1.78 bits per heavy atom. The van der Waals surface area contributed by atoms with Crippen molar-refractivity contribution in [1.82, 2.24) is 4.98 Å². The molecule has 2 N–H and O–H groups in total. The highest BCUT2D eigenvalue weighted by Gasteiger charge is 2.04. The molecule has 3 aromatic rings. The van der Waals surface area contributed by atoms with Crippen LogP contribution in [0.2, 0.25) is 5.02 Å². The first-order chi connectivity index (χ1) is 13.2. The number of rotatable bonds is 8. The molecule has 0 radical (unpaired) electrons. The normalized spacial score (nSPS) is 10.3. The summed E-state index contributed by atoms with van der Waals surface area (Å²) in [7, 11) is 0. The second kappa shape index (κ2) is 9.59. The summed E-state index contributed by atoms with van der Waals surface area (Å²) in [4.78, 5) is 16.3. The van der Waals surface area contributed by atoms with E-state index in [4.69, 9.17) is 16.3 Å². The number of nitrogens with zero attached hydrogens (tertiary/aromatic N) is 1. The van der Waals surface area contributed by atoms with Gasteiger partial charge >= 0.3 is 0 Å². The number of amides is 1. The molecule has 138 valence electrons. The molecule has 0 aliphatic heterocycles. The zero-order valence-electron chi connectivity index (χ0n) is 14.7. The lowest BCUT2D eigenvalue weighted by atomic mass is 10.2. The van der Waals surface area contributed by atoms with Crippen LogP contribution >= 0.6 is 11.6 Å². The minimum absolute atomic E-state index is 0.121. The van der Waals surface area contributed by atoms with Crippen LogP contribution in [0.5, 0.6) is 5.75 Å². The average Bonchev–Trinajstić information content (AvgIpc) is 2.69. The van der Waals surface area contributed by atoms with Crippen LogP contribution in [0.3, 0.4) is 0 Å². The van der Waals surface area contributed by atoms with E-state index in [1.165, 1.54) is 0 Å². The van der Waals surface area contributed by atoms with Crippen molar-refractivity contribution in [1.29, 1.82) is 0 Å². The van der Waals surface area contributed by atoms with E-state index in [2.05, 4.69) is 15.6 Å². The maximum absolute atomic E-state index is 12.0. The Morgan fingerprint density at radius 1 is 1.00 bits per heavy atom. The smallest absolute Gasteiger partial charge is 0.227 e. The van der Waals surface area contributed by atoms with Gasteiger partial charge in [0.25, 0.3) is 0 Å². The lowest BCUT2D eigenvalue weighted by Gasteiger charge is -2.09. The maximum Gasteiger partial charge on any atom is 0.227 e. The van der Waals surface area contributed by atoms with Gasteiger partial charge in [0.05, 0.1) is 24.9 Å². The molecule has 0 saturated carbocycles. The second-order valence-corrected chi connectivity index (χ2v) is 6.24. The summed E-state index contributed by atoms with van der Waals surface area (Å²) in [5.41, 5.74) is 1.64. The van der Waals surface area contributed by atoms with Gasteiger partial charge in [-0.15, -0.1) is 0 Å². The Hall–Kier alpha value is -3.05. The fourth-order valence-electron chi connectivity index (χ4n) is 2.40. The van der Waals surface area contributed by atoms with Crippen LogP contribution < -0.4 is 15.4 Å². The van der Waals surface area contributed by atoms with E-state index in [1.807, 2.05) is 60.7 Å². The lowest BCUT2D eigenvalue weighted by Crippen LogP contribution is -2.15. The highest BCUT2D eigenvalue weighted by Crippen LogP contribution is 2.17. The molecule has 0 bridgehead atoms. The van der Waals surface area contributed by atoms with E-state index in [1.54, 1.807) is 12.3 Å². The van der Waals surface area contributed by atoms with E-state index >= 15 is 0 Å². The van der Waals surface area contributed by atoms with Gasteiger partial charge in [0.1, 0.15) is 11.6 Å². The lowest BCUT2D eigenvalue weighted by molar-refractivity contribution is -0.116. The first-order valence-corrected chi connectivity index (χ1v) is 8.99. The minimum atomic E-state index is -0.121. The number of pyridine rings is 1. The summed E-state index contributed by atoms with van der Waals surface area (Å²) in [6, 6.07) is 20.7. The van der Waals surface area contributed by atoms with Crippen molar-refractivity contribution in [2.45, 2.75) is 13.0 Å². The van der Waals surface area contributed by atoms with Crippen LogP contribution in [0, 0.1) is 0 Å². The Bertz CT molecular complexity index is 870. The Balaban J connectivity index is 1.43. The Kier molecular flexibility index (Phi) is 6.66. The van der Waals surface area contributed by atoms with Gasteiger partial charge in [-0.3, -0.25) is 4.79 Å². The predicted octanol–water partition coefficient (Wildman–Crippen LogP) is 4.75. The molecule has 2 aromatic carbocycles. The predicted molar refractivity (Wildman–Crippen MR) is 108 cm³/mol. The molecule has 0 aliphatic rings. The van der Waals surface area contributed by atoms with Gasteiger partial charge in [-0.05, 0) is 35.9 Å². The summed E-state index contributed by atoms with van der Waals surface area (Å²) in [6.45, 7) is 0.899. The van der Waals surface area contributed by atoms with Crippen LogP contribution in [-0.4, -0.2) is 17.5 Å². The number of aromatic nitrogens is 1. The molecule has 0 unspecified atom stereocenters. The Morgan fingerprint density at radius 3 is 2.52 bits per heavy atom. The van der Waals surface area contributed by atoms with Crippen LogP contribution in [0.15, 0.2) is 72.9 Å². The van der Waals surface area contributed by atoms with E-state index in [0.29, 0.717) is 29.7 Å². The van der Waals surface area contributed by atoms with Crippen LogP contribution in [0.1, 0.15) is 12.0 Å². The fourth-order valence-corrected chi connectivity index (χ4v) is 2.60. The molecular formula is C21H20ClN3O2. The zero-order chi connectivity index (χ0) is 18.9. The number of ether oxygens (including phenoxy) is 1. The topological polar surface area (TPSA) is 63.2 Å². The molecule has 5 nitrogen and oxygen atoms in total. The third kappa shape index (κ3) is 6.01. The number of hydrogen-bond acceptors (Lipinski definition) is 4. The van der Waals surface area contributed by atoms with Gasteiger partial charge in [0.15, 0.2) is 0 Å². The number of anilines is 2. The third-order valence-corrected chi connectivity index (χ3v) is 4.17. The maximum atomic E-state index is 12.0. The third-order valence-electron chi connectivity index (χ3n) is 3.81. The zero-order valence-corrected chi connectivity index (χ0v) is 15.4. The number of carbonyl (C=O) groups excluding carboxylic acids is 1. The molecule has 0 saturated heterocycles. The van der Waals surface area contributed by atoms with E-state index in [-0.39, 0.29) is 12.3 Å². The van der Waals surface area contributed by atoms with Crippen LogP contribution in [-0.2, 0) is 11.3 Å². The standard InChI is InChI=1S/C21H20ClN3O2/c22-19-9-5-4-6-16(19)14-23-20-11-10-17(15-24-20)25-21(26)12-13-27-18-7-2-1-3-8-18/h1-11,15H,12-14H2,(H,23,24)(H,25,26). The molecule has 0 atom stereocenters. The molecular weight excluding hydrogens is 362 g/mol. The van der Waals surface area contributed by atoms with Crippen molar-refractivity contribution in [3.05, 3.63) is 83.5 Å². The molecule has 1 aromatic heterocycles. The number of nitrogens with one attached hydrogen (secondary N) is 2. The van der Waals surface area contributed by atoms with Crippen molar-refractivity contribution in [2.24, 2.45) is 0 Å². The largest absolute Gasteiger partial charge is 0.493 e. The van der Waals surface area contributed by atoms with E-state index in [0.717, 1.165) is 11.3 Å². The number of hydrogen-bond donors (Lipinski definition) is 2. The van der Waals surface area contributed by atoms with Gasteiger partial charge < -0.3 is 15.4 Å². The molecule has 3 rings (SSSR count). The number of halogens is 1. The molecule has 0 aliphatic carbocycles. The number of para-hydroxylation sites is 1. The Labute approximate surface area is 163 Å². The van der Waals surface area contributed by atoms with Gasteiger partial charge in [0, 0.05) is 11.6 Å². The van der Waals surface area contributed by atoms with Crippen molar-refractivity contribution in [3.8, 4) is 5.75 Å². The second-order valence-electron chi connectivity index (χ2n) is 5.84. The van der Waals surface area contributed by atoms with Gasteiger partial charge in [0.2, 0.25) is 5.91 Å². The van der Waals surface area contributed by atoms with E-state index < -0.39 is 0 Å². The minimum Gasteiger partial charge on any atom is -0.493 e. The highest BCUT2D eigenvalue weighted by molar-refractivity contribution is 6.31. The molecule has 27 heavy (non-hydrogen) atoms. The summed E-state index contributed by atoms with van der Waals surface area (Å²) in [5, 5.41) is 6.73. The average molecular weight is 382 g/mol. The first kappa shape index (κ1) is 18.7. The molecule has 0 fully saturated rings. The van der Waals surface area contributed by atoms with Gasteiger partial charge in [-0.25, -0.2) is 4.98 Å². The monoisotopic (exact) mass is 381 g/mol. The van der Waals surface area contributed by atoms with Crippen LogP contribution in [0.25, 0.3) is 0 Å². The SMILES string of the molecule is O=C(CCOc1ccccc1)Nc1ccc(NCc2ccccc2Cl)nc1. The molecule has 0 spiro atoms. The first-order valence-electron chi connectivity index (χ1n) is 8.62. The fraction of sp³-hybridized carbons (Fsp3) is 0.143. The van der Waals surface area contributed by atoms with Crippen molar-refractivity contribution < 1.29 is 9.53 Å². The molecule has 1 heterocycles. The number of benzene rings is 2. The van der Waals surface area contributed by atoms with Crippen molar-refractivity contribution in [3.63, 3.8) is 0 Å². The van der Waals surface area contributed by atoms with Crippen molar-refractivity contribution in [2.75, 3.05) is 17.2 Å².